The molecule has 0 aliphatic carbocycles. The van der Waals surface area contributed by atoms with E-state index in [1.54, 1.807) is 14.0 Å². The molecule has 1 aliphatic rings. The van der Waals surface area contributed by atoms with Crippen molar-refractivity contribution in [2.75, 3.05) is 20.1 Å². The molecule has 17 heavy (non-hydrogen) atoms. The predicted octanol–water partition coefficient (Wildman–Crippen LogP) is 0.808. The Labute approximate surface area is 105 Å². The van der Waals surface area contributed by atoms with Crippen LogP contribution in [0.15, 0.2) is 0 Å². The summed E-state index contributed by atoms with van der Waals surface area (Å²) in [4.78, 5) is 0. The third-order valence-electron chi connectivity index (χ3n) is 3.28. The summed E-state index contributed by atoms with van der Waals surface area (Å²) < 4.78 is 27.5. The van der Waals surface area contributed by atoms with Gasteiger partial charge in [0.25, 0.3) is 10.2 Å². The Balaban J connectivity index is 2.87. The number of piperidine rings is 1. The summed E-state index contributed by atoms with van der Waals surface area (Å²) in [5.74, 6) is 0. The van der Waals surface area contributed by atoms with Gasteiger partial charge >= 0.3 is 0 Å². The molecule has 5 nitrogen and oxygen atoms in total. The lowest BCUT2D eigenvalue weighted by Gasteiger charge is -2.38. The molecule has 0 saturated carbocycles. The summed E-state index contributed by atoms with van der Waals surface area (Å²) >= 11 is 0. The third kappa shape index (κ3) is 3.40. The normalized spacial score (nSPS) is 25.1. The van der Waals surface area contributed by atoms with Gasteiger partial charge in [-0.05, 0) is 26.2 Å². The summed E-state index contributed by atoms with van der Waals surface area (Å²) in [5.41, 5.74) is 0. The molecule has 1 heterocycles. The van der Waals surface area contributed by atoms with Crippen LogP contribution < -0.4 is 0 Å². The fraction of sp³-hybridized carbons (Fsp3) is 1.00. The maximum Gasteiger partial charge on any atom is 0.282 e. The van der Waals surface area contributed by atoms with Gasteiger partial charge in [0.05, 0.1) is 12.1 Å². The lowest BCUT2D eigenvalue weighted by Crippen LogP contribution is -2.53. The molecule has 0 radical (unpaired) electrons. The summed E-state index contributed by atoms with van der Waals surface area (Å²) in [6, 6.07) is -0.270. The Morgan fingerprint density at radius 2 is 2.12 bits per heavy atom. The van der Waals surface area contributed by atoms with E-state index >= 15 is 0 Å². The summed E-state index contributed by atoms with van der Waals surface area (Å²) in [7, 11) is -1.81. The first-order chi connectivity index (χ1) is 7.91. The lowest BCUT2D eigenvalue weighted by atomic mass is 10.0. The fourth-order valence-electron chi connectivity index (χ4n) is 2.31. The monoisotopic (exact) mass is 264 g/mol. The first-order valence-corrected chi connectivity index (χ1v) is 7.72. The molecule has 1 aliphatic heterocycles. The molecule has 1 fully saturated rings. The molecular weight excluding hydrogens is 240 g/mol. The van der Waals surface area contributed by atoms with E-state index in [0.717, 1.165) is 25.7 Å². The Morgan fingerprint density at radius 1 is 1.47 bits per heavy atom. The van der Waals surface area contributed by atoms with E-state index in [0.29, 0.717) is 13.1 Å². The molecular formula is C11H24N2O3S. The molecule has 0 aromatic heterocycles. The van der Waals surface area contributed by atoms with Crippen LogP contribution in [-0.4, -0.2) is 54.4 Å². The van der Waals surface area contributed by atoms with E-state index in [2.05, 4.69) is 0 Å². The van der Waals surface area contributed by atoms with Gasteiger partial charge < -0.3 is 5.11 Å². The third-order valence-corrected chi connectivity index (χ3v) is 5.30. The highest BCUT2D eigenvalue weighted by Crippen LogP contribution is 2.24. The smallest absolute Gasteiger partial charge is 0.282 e. The van der Waals surface area contributed by atoms with Gasteiger partial charge in [-0.25, -0.2) is 0 Å². The van der Waals surface area contributed by atoms with Crippen LogP contribution in [-0.2, 0) is 10.2 Å². The van der Waals surface area contributed by atoms with Crippen LogP contribution in [0.5, 0.6) is 0 Å². The highest BCUT2D eigenvalue weighted by molar-refractivity contribution is 7.86. The largest absolute Gasteiger partial charge is 0.392 e. The number of rotatable bonds is 5. The van der Waals surface area contributed by atoms with Gasteiger partial charge in [0.2, 0.25) is 0 Å². The van der Waals surface area contributed by atoms with Crippen LogP contribution >= 0.6 is 0 Å². The lowest BCUT2D eigenvalue weighted by molar-refractivity contribution is 0.0798. The number of hydrogen-bond donors (Lipinski definition) is 1. The van der Waals surface area contributed by atoms with Crippen LogP contribution in [0.2, 0.25) is 0 Å². The van der Waals surface area contributed by atoms with Gasteiger partial charge in [-0.2, -0.15) is 17.0 Å². The molecule has 102 valence electrons. The van der Waals surface area contributed by atoms with Crippen LogP contribution in [0.4, 0.5) is 0 Å². The second-order valence-corrected chi connectivity index (χ2v) is 6.73. The quantitative estimate of drug-likeness (QED) is 0.799. The number of hydrogen-bond acceptors (Lipinski definition) is 3. The minimum absolute atomic E-state index is 0.270. The molecule has 0 bridgehead atoms. The van der Waals surface area contributed by atoms with Crippen molar-refractivity contribution in [1.82, 2.24) is 8.61 Å². The molecule has 2 unspecified atom stereocenters. The van der Waals surface area contributed by atoms with E-state index < -0.39 is 16.3 Å². The Morgan fingerprint density at radius 3 is 2.65 bits per heavy atom. The zero-order valence-electron chi connectivity index (χ0n) is 11.0. The molecule has 1 saturated heterocycles. The molecule has 0 aromatic carbocycles. The van der Waals surface area contributed by atoms with Gasteiger partial charge in [0.1, 0.15) is 0 Å². The van der Waals surface area contributed by atoms with Crippen LogP contribution in [0.1, 0.15) is 39.5 Å². The van der Waals surface area contributed by atoms with E-state index in [4.69, 9.17) is 0 Å². The maximum atomic E-state index is 12.3. The zero-order chi connectivity index (χ0) is 13.1. The average Bonchev–Trinajstić information content (AvgIpc) is 2.29. The molecule has 2 atom stereocenters. The summed E-state index contributed by atoms with van der Waals surface area (Å²) in [6.45, 7) is 4.66. The van der Waals surface area contributed by atoms with Gasteiger partial charge in [-0.1, -0.05) is 13.3 Å². The average molecular weight is 264 g/mol. The Bertz CT molecular complexity index is 330. The van der Waals surface area contributed by atoms with Gasteiger partial charge in [-0.15, -0.1) is 0 Å². The summed E-state index contributed by atoms with van der Waals surface area (Å²) in [5, 5.41) is 9.70. The first kappa shape index (κ1) is 14.9. The fourth-order valence-corrected chi connectivity index (χ4v) is 4.06. The van der Waals surface area contributed by atoms with E-state index in [1.807, 2.05) is 6.92 Å². The van der Waals surface area contributed by atoms with Crippen molar-refractivity contribution < 1.29 is 13.5 Å². The van der Waals surface area contributed by atoms with Gasteiger partial charge in [-0.3, -0.25) is 0 Å². The van der Waals surface area contributed by atoms with Crippen molar-refractivity contribution in [2.24, 2.45) is 0 Å². The molecule has 6 heteroatoms. The van der Waals surface area contributed by atoms with Crippen molar-refractivity contribution in [3.63, 3.8) is 0 Å². The maximum absolute atomic E-state index is 12.3. The molecule has 1 rings (SSSR count). The summed E-state index contributed by atoms with van der Waals surface area (Å²) in [6.07, 6.45) is 2.79. The molecule has 0 spiro atoms. The molecule has 0 amide bonds. The first-order valence-electron chi connectivity index (χ1n) is 6.32. The van der Waals surface area contributed by atoms with Crippen molar-refractivity contribution in [2.45, 2.75) is 51.7 Å². The van der Waals surface area contributed by atoms with Crippen LogP contribution in [0.25, 0.3) is 0 Å². The van der Waals surface area contributed by atoms with Crippen molar-refractivity contribution in [3.05, 3.63) is 0 Å². The minimum atomic E-state index is -3.41. The van der Waals surface area contributed by atoms with Crippen molar-refractivity contribution in [3.8, 4) is 0 Å². The number of aliphatic hydroxyl groups is 1. The van der Waals surface area contributed by atoms with E-state index in [9.17, 15) is 13.5 Å². The van der Waals surface area contributed by atoms with Crippen LogP contribution in [0.3, 0.4) is 0 Å². The van der Waals surface area contributed by atoms with E-state index in [-0.39, 0.29) is 6.04 Å². The Hall–Kier alpha value is -0.170. The molecule has 1 N–H and O–H groups in total. The van der Waals surface area contributed by atoms with Crippen molar-refractivity contribution in [1.29, 1.82) is 0 Å². The molecule has 0 aromatic rings. The van der Waals surface area contributed by atoms with E-state index in [1.165, 1.54) is 8.61 Å². The van der Waals surface area contributed by atoms with Crippen molar-refractivity contribution >= 4 is 10.2 Å². The topological polar surface area (TPSA) is 60.9 Å². The van der Waals surface area contributed by atoms with Crippen LogP contribution in [0, 0.1) is 0 Å². The van der Waals surface area contributed by atoms with Gasteiger partial charge in [0.15, 0.2) is 0 Å². The zero-order valence-corrected chi connectivity index (χ0v) is 11.8. The highest BCUT2D eigenvalue weighted by Gasteiger charge is 2.36. The Kier molecular flexibility index (Phi) is 5.37. The second kappa shape index (κ2) is 6.13. The SMILES string of the molecule is CCCN(C)S(=O)(=O)N1CCCCC1C(C)O. The van der Waals surface area contributed by atoms with Gasteiger partial charge in [0, 0.05) is 20.1 Å². The number of nitrogens with zero attached hydrogens (tertiary/aromatic N) is 2. The predicted molar refractivity (Wildman–Crippen MR) is 67.9 cm³/mol. The highest BCUT2D eigenvalue weighted by atomic mass is 32.2. The second-order valence-electron chi connectivity index (χ2n) is 4.74. The standard InChI is InChI=1S/C11H24N2O3S/c1-4-8-12(3)17(15,16)13-9-6-5-7-11(13)10(2)14/h10-11,14H,4-9H2,1-3H3. The number of aliphatic hydroxyl groups excluding tert-OH is 1. The minimum Gasteiger partial charge on any atom is -0.392 e.